The number of aromatic nitrogens is 1. The van der Waals surface area contributed by atoms with Gasteiger partial charge in [0.2, 0.25) is 5.91 Å². The summed E-state index contributed by atoms with van der Waals surface area (Å²) in [5.41, 5.74) is 0.884. The van der Waals surface area contributed by atoms with Crippen LogP contribution in [0.15, 0.2) is 24.5 Å². The minimum absolute atomic E-state index is 0.0758. The fourth-order valence-electron chi connectivity index (χ4n) is 1.59. The molecule has 0 bridgehead atoms. The predicted octanol–water partition coefficient (Wildman–Crippen LogP) is 1.46. The molecule has 0 aliphatic rings. The molecular weight excluding hydrogens is 216 g/mol. The van der Waals surface area contributed by atoms with E-state index in [1.165, 1.54) is 0 Å². The van der Waals surface area contributed by atoms with Crippen LogP contribution in [0.2, 0.25) is 0 Å². The first kappa shape index (κ1) is 13.6. The normalized spacial score (nSPS) is 14.1. The van der Waals surface area contributed by atoms with Crippen LogP contribution >= 0.6 is 0 Å². The monoisotopic (exact) mass is 236 g/mol. The van der Waals surface area contributed by atoms with E-state index in [1.54, 1.807) is 12.4 Å². The van der Waals surface area contributed by atoms with Crippen molar-refractivity contribution >= 4 is 5.91 Å². The largest absolute Gasteiger partial charge is 0.391 e. The van der Waals surface area contributed by atoms with Crippen LogP contribution in [0.1, 0.15) is 38.2 Å². The van der Waals surface area contributed by atoms with Crippen molar-refractivity contribution in [3.8, 4) is 0 Å². The number of hydrogen-bond acceptors (Lipinski definition) is 3. The highest BCUT2D eigenvalue weighted by molar-refractivity contribution is 5.83. The highest BCUT2D eigenvalue weighted by Gasteiger charge is 2.15. The van der Waals surface area contributed by atoms with Gasteiger partial charge < -0.3 is 10.4 Å². The topological polar surface area (TPSA) is 62.2 Å². The standard InChI is InChI=1S/C13H20N2O2/c1-3-5-12(16)9-15-13(17)10(2)11-6-4-7-14-8-11/h4,6-8,10,12,16H,3,5,9H2,1-2H3,(H,15,17). The lowest BCUT2D eigenvalue weighted by atomic mass is 10.0. The number of hydrogen-bond donors (Lipinski definition) is 2. The molecule has 0 aliphatic heterocycles. The quantitative estimate of drug-likeness (QED) is 0.786. The van der Waals surface area contributed by atoms with Crippen LogP contribution in [0, 0.1) is 0 Å². The van der Waals surface area contributed by atoms with Crippen molar-refractivity contribution in [3.05, 3.63) is 30.1 Å². The van der Waals surface area contributed by atoms with Crippen molar-refractivity contribution in [1.29, 1.82) is 0 Å². The second kappa shape index (κ2) is 7.01. The lowest BCUT2D eigenvalue weighted by Crippen LogP contribution is -2.34. The molecule has 1 aromatic rings. The van der Waals surface area contributed by atoms with Crippen LogP contribution < -0.4 is 5.32 Å². The first-order valence-electron chi connectivity index (χ1n) is 6.00. The van der Waals surface area contributed by atoms with Gasteiger partial charge in [0.15, 0.2) is 0 Å². The van der Waals surface area contributed by atoms with Gasteiger partial charge >= 0.3 is 0 Å². The van der Waals surface area contributed by atoms with Crippen molar-refractivity contribution in [2.45, 2.75) is 38.7 Å². The molecule has 0 spiro atoms. The Kier molecular flexibility index (Phi) is 5.63. The van der Waals surface area contributed by atoms with Gasteiger partial charge in [-0.25, -0.2) is 0 Å². The Balaban J connectivity index is 2.43. The van der Waals surface area contributed by atoms with Crippen LogP contribution in [0.5, 0.6) is 0 Å². The minimum Gasteiger partial charge on any atom is -0.391 e. The second-order valence-corrected chi connectivity index (χ2v) is 4.20. The number of carbonyl (C=O) groups excluding carboxylic acids is 1. The molecule has 0 aromatic carbocycles. The van der Waals surface area contributed by atoms with Gasteiger partial charge in [0.25, 0.3) is 0 Å². The molecule has 1 aromatic heterocycles. The zero-order valence-corrected chi connectivity index (χ0v) is 10.4. The van der Waals surface area contributed by atoms with E-state index in [9.17, 15) is 9.90 Å². The lowest BCUT2D eigenvalue weighted by Gasteiger charge is -2.14. The lowest BCUT2D eigenvalue weighted by molar-refractivity contribution is -0.122. The molecular formula is C13H20N2O2. The number of amides is 1. The maximum absolute atomic E-state index is 11.8. The van der Waals surface area contributed by atoms with E-state index in [1.807, 2.05) is 26.0 Å². The Morgan fingerprint density at radius 1 is 1.59 bits per heavy atom. The summed E-state index contributed by atoms with van der Waals surface area (Å²) >= 11 is 0. The molecule has 1 amide bonds. The average Bonchev–Trinajstić information content (AvgIpc) is 2.36. The minimum atomic E-state index is -0.454. The van der Waals surface area contributed by atoms with E-state index >= 15 is 0 Å². The maximum atomic E-state index is 11.8. The second-order valence-electron chi connectivity index (χ2n) is 4.20. The van der Waals surface area contributed by atoms with Gasteiger partial charge in [-0.1, -0.05) is 19.4 Å². The number of pyridine rings is 1. The third-order valence-corrected chi connectivity index (χ3v) is 2.71. The van der Waals surface area contributed by atoms with E-state index in [0.717, 1.165) is 12.0 Å². The van der Waals surface area contributed by atoms with Gasteiger partial charge in [-0.3, -0.25) is 9.78 Å². The number of nitrogens with zero attached hydrogens (tertiary/aromatic N) is 1. The summed E-state index contributed by atoms with van der Waals surface area (Å²) in [6.45, 7) is 4.15. The van der Waals surface area contributed by atoms with Crippen molar-refractivity contribution in [1.82, 2.24) is 10.3 Å². The molecule has 2 N–H and O–H groups in total. The van der Waals surface area contributed by atoms with Crippen LogP contribution in [0.3, 0.4) is 0 Å². The summed E-state index contributed by atoms with van der Waals surface area (Å²) in [7, 11) is 0. The molecule has 17 heavy (non-hydrogen) atoms. The Morgan fingerprint density at radius 2 is 2.35 bits per heavy atom. The molecule has 0 fully saturated rings. The zero-order valence-electron chi connectivity index (χ0n) is 10.4. The molecule has 1 heterocycles. The average molecular weight is 236 g/mol. The Bertz CT molecular complexity index is 341. The third-order valence-electron chi connectivity index (χ3n) is 2.71. The van der Waals surface area contributed by atoms with E-state index in [4.69, 9.17) is 0 Å². The van der Waals surface area contributed by atoms with Gasteiger partial charge in [-0.2, -0.15) is 0 Å². The number of aliphatic hydroxyl groups is 1. The molecule has 4 nitrogen and oxygen atoms in total. The zero-order chi connectivity index (χ0) is 12.7. The molecule has 0 saturated heterocycles. The maximum Gasteiger partial charge on any atom is 0.227 e. The molecule has 0 radical (unpaired) electrons. The number of rotatable bonds is 6. The summed E-state index contributed by atoms with van der Waals surface area (Å²) < 4.78 is 0. The van der Waals surface area contributed by atoms with Crippen LogP contribution in [0.4, 0.5) is 0 Å². The number of aliphatic hydroxyl groups excluding tert-OH is 1. The third kappa shape index (κ3) is 4.53. The Hall–Kier alpha value is -1.42. The fraction of sp³-hybridized carbons (Fsp3) is 0.538. The number of nitrogens with one attached hydrogen (secondary N) is 1. The van der Waals surface area contributed by atoms with Crippen molar-refractivity contribution < 1.29 is 9.90 Å². The summed E-state index contributed by atoms with van der Waals surface area (Å²) in [4.78, 5) is 15.8. The van der Waals surface area contributed by atoms with Gasteiger partial charge in [-0.05, 0) is 25.0 Å². The van der Waals surface area contributed by atoms with Crippen LogP contribution in [-0.4, -0.2) is 28.6 Å². The number of carbonyl (C=O) groups is 1. The fourth-order valence-corrected chi connectivity index (χ4v) is 1.59. The molecule has 1 rings (SSSR count). The highest BCUT2D eigenvalue weighted by Crippen LogP contribution is 2.13. The summed E-state index contributed by atoms with van der Waals surface area (Å²) in [5.74, 6) is -0.314. The first-order chi connectivity index (χ1) is 8.15. The highest BCUT2D eigenvalue weighted by atomic mass is 16.3. The molecule has 0 aliphatic carbocycles. The van der Waals surface area contributed by atoms with Crippen molar-refractivity contribution in [2.75, 3.05) is 6.54 Å². The first-order valence-corrected chi connectivity index (χ1v) is 6.00. The van der Waals surface area contributed by atoms with Gasteiger partial charge in [0.05, 0.1) is 12.0 Å². The van der Waals surface area contributed by atoms with Crippen LogP contribution in [-0.2, 0) is 4.79 Å². The molecule has 2 unspecified atom stereocenters. The van der Waals surface area contributed by atoms with E-state index < -0.39 is 6.10 Å². The van der Waals surface area contributed by atoms with Crippen LogP contribution in [0.25, 0.3) is 0 Å². The van der Waals surface area contributed by atoms with E-state index in [2.05, 4.69) is 10.3 Å². The molecule has 94 valence electrons. The van der Waals surface area contributed by atoms with Gasteiger partial charge in [0.1, 0.15) is 0 Å². The van der Waals surface area contributed by atoms with E-state index in [0.29, 0.717) is 13.0 Å². The molecule has 4 heteroatoms. The van der Waals surface area contributed by atoms with Crippen molar-refractivity contribution in [3.63, 3.8) is 0 Å². The van der Waals surface area contributed by atoms with Gasteiger partial charge in [-0.15, -0.1) is 0 Å². The van der Waals surface area contributed by atoms with E-state index in [-0.39, 0.29) is 11.8 Å². The SMILES string of the molecule is CCCC(O)CNC(=O)C(C)c1cccnc1. The summed E-state index contributed by atoms with van der Waals surface area (Å²) in [6.07, 6.45) is 4.54. The van der Waals surface area contributed by atoms with Crippen molar-refractivity contribution in [2.24, 2.45) is 0 Å². The Morgan fingerprint density at radius 3 is 2.94 bits per heavy atom. The predicted molar refractivity (Wildman–Crippen MR) is 66.6 cm³/mol. The smallest absolute Gasteiger partial charge is 0.227 e. The molecule has 2 atom stereocenters. The molecule has 0 saturated carbocycles. The summed E-state index contributed by atoms with van der Waals surface area (Å²) in [5, 5.41) is 12.3. The Labute approximate surface area is 102 Å². The summed E-state index contributed by atoms with van der Waals surface area (Å²) in [6, 6.07) is 3.69. The van der Waals surface area contributed by atoms with Gasteiger partial charge in [0, 0.05) is 18.9 Å².